The van der Waals surface area contributed by atoms with Gasteiger partial charge < -0.3 is 15.3 Å². The molecule has 34 heavy (non-hydrogen) atoms. The van der Waals surface area contributed by atoms with Crippen LogP contribution in [0.2, 0.25) is 0 Å². The molecular formula is C30H41N3O. The molecular weight excluding hydrogens is 418 g/mol. The van der Waals surface area contributed by atoms with Crippen molar-refractivity contribution in [3.8, 4) is 0 Å². The van der Waals surface area contributed by atoms with E-state index in [9.17, 15) is 5.11 Å². The zero-order valence-electron chi connectivity index (χ0n) is 20.5. The molecule has 0 amide bonds. The molecule has 2 N–H and O–H groups in total. The maximum absolute atomic E-state index is 12.6. The molecule has 0 unspecified atom stereocenters. The summed E-state index contributed by atoms with van der Waals surface area (Å²) in [5.41, 5.74) is 0.848. The molecule has 182 valence electrons. The van der Waals surface area contributed by atoms with Gasteiger partial charge in [0.1, 0.15) is 5.60 Å². The number of aliphatic imine (C=N–C) groups is 1. The van der Waals surface area contributed by atoms with Crippen LogP contribution in [0.25, 0.3) is 0 Å². The number of nitrogens with zero attached hydrogens (tertiary/aromatic N) is 2. The van der Waals surface area contributed by atoms with E-state index in [1.165, 1.54) is 64.2 Å². The van der Waals surface area contributed by atoms with Gasteiger partial charge in [0.2, 0.25) is 0 Å². The molecule has 2 aromatic rings. The van der Waals surface area contributed by atoms with Gasteiger partial charge in [0, 0.05) is 12.6 Å². The van der Waals surface area contributed by atoms with Gasteiger partial charge >= 0.3 is 0 Å². The van der Waals surface area contributed by atoms with Gasteiger partial charge in [-0.15, -0.1) is 0 Å². The number of likely N-dealkylation sites (tertiary alicyclic amines) is 1. The number of hydrogen-bond acceptors (Lipinski definition) is 2. The van der Waals surface area contributed by atoms with Crippen molar-refractivity contribution in [1.82, 2.24) is 10.2 Å². The van der Waals surface area contributed by atoms with Crippen LogP contribution in [-0.4, -0.2) is 40.6 Å². The average Bonchev–Trinajstić information content (AvgIpc) is 3.41. The minimum atomic E-state index is -1.08. The van der Waals surface area contributed by atoms with Crippen LogP contribution >= 0.6 is 0 Å². The molecule has 0 radical (unpaired) electrons. The summed E-state index contributed by atoms with van der Waals surface area (Å²) in [5.74, 6) is 1.05. The van der Waals surface area contributed by atoms with Gasteiger partial charge in [-0.3, -0.25) is 0 Å². The molecule has 1 heterocycles. The van der Waals surface area contributed by atoms with E-state index in [1.54, 1.807) is 0 Å². The third-order valence-corrected chi connectivity index (χ3v) is 8.25. The van der Waals surface area contributed by atoms with Crippen molar-refractivity contribution in [2.24, 2.45) is 4.99 Å². The molecule has 3 aliphatic rings. The highest BCUT2D eigenvalue weighted by atomic mass is 16.3. The second-order valence-electron chi connectivity index (χ2n) is 10.6. The summed E-state index contributed by atoms with van der Waals surface area (Å²) in [5, 5.41) is 16.5. The Morgan fingerprint density at radius 2 is 1.29 bits per heavy atom. The van der Waals surface area contributed by atoms with Crippen molar-refractivity contribution in [3.05, 3.63) is 71.8 Å². The first-order valence-corrected chi connectivity index (χ1v) is 13.7. The van der Waals surface area contributed by atoms with Crippen molar-refractivity contribution in [3.63, 3.8) is 0 Å². The number of guanidine groups is 1. The lowest BCUT2D eigenvalue weighted by atomic mass is 9.79. The lowest BCUT2D eigenvalue weighted by Crippen LogP contribution is -2.55. The normalized spacial score (nSPS) is 23.3. The fourth-order valence-corrected chi connectivity index (χ4v) is 6.40. The lowest BCUT2D eigenvalue weighted by Gasteiger charge is -2.42. The SMILES string of the molecule is OC(c1ccccc1)(c1ccccc1)[C@@H]1CCCN1C(=NC1CCCCC1)NC1CCCCC1. The molecule has 5 rings (SSSR count). The van der Waals surface area contributed by atoms with Crippen molar-refractivity contribution in [2.45, 2.75) is 101 Å². The van der Waals surface area contributed by atoms with E-state index in [4.69, 9.17) is 4.99 Å². The van der Waals surface area contributed by atoms with Crippen molar-refractivity contribution in [2.75, 3.05) is 6.54 Å². The molecule has 4 nitrogen and oxygen atoms in total. The van der Waals surface area contributed by atoms with Crippen LogP contribution in [0.4, 0.5) is 0 Å². The molecule has 2 saturated carbocycles. The Hall–Kier alpha value is -2.33. The first-order valence-electron chi connectivity index (χ1n) is 13.7. The van der Waals surface area contributed by atoms with Crippen molar-refractivity contribution < 1.29 is 5.11 Å². The van der Waals surface area contributed by atoms with E-state index in [-0.39, 0.29) is 6.04 Å². The minimum absolute atomic E-state index is 0.0456. The molecule has 2 aromatic carbocycles. The monoisotopic (exact) mass is 459 g/mol. The summed E-state index contributed by atoms with van der Waals surface area (Å²) in [4.78, 5) is 7.82. The van der Waals surface area contributed by atoms with E-state index in [0.29, 0.717) is 12.1 Å². The summed E-state index contributed by atoms with van der Waals surface area (Å²) in [7, 11) is 0. The van der Waals surface area contributed by atoms with Gasteiger partial charge in [-0.2, -0.15) is 0 Å². The van der Waals surface area contributed by atoms with Crippen LogP contribution in [-0.2, 0) is 5.60 Å². The van der Waals surface area contributed by atoms with E-state index in [1.807, 2.05) is 36.4 Å². The highest BCUT2D eigenvalue weighted by Gasteiger charge is 2.46. The Bertz CT molecular complexity index is 877. The first-order chi connectivity index (χ1) is 16.7. The summed E-state index contributed by atoms with van der Waals surface area (Å²) >= 11 is 0. The van der Waals surface area contributed by atoms with Crippen LogP contribution in [0.1, 0.15) is 88.2 Å². The number of rotatable bonds is 5. The van der Waals surface area contributed by atoms with Crippen molar-refractivity contribution in [1.29, 1.82) is 0 Å². The van der Waals surface area contributed by atoms with Crippen LogP contribution in [0.3, 0.4) is 0 Å². The summed E-state index contributed by atoms with van der Waals surface area (Å²) in [6.45, 7) is 0.942. The Morgan fingerprint density at radius 3 is 1.88 bits per heavy atom. The van der Waals surface area contributed by atoms with Crippen molar-refractivity contribution >= 4 is 5.96 Å². The fraction of sp³-hybridized carbons (Fsp3) is 0.567. The van der Waals surface area contributed by atoms with Gasteiger partial charge in [0.05, 0.1) is 12.1 Å². The molecule has 2 aliphatic carbocycles. The molecule has 0 bridgehead atoms. The number of benzene rings is 2. The van der Waals surface area contributed by atoms with Gasteiger partial charge in [-0.1, -0.05) is 99.2 Å². The Kier molecular flexibility index (Phi) is 7.54. The van der Waals surface area contributed by atoms with Gasteiger partial charge in [-0.25, -0.2) is 4.99 Å². The maximum Gasteiger partial charge on any atom is 0.194 e. The van der Waals surface area contributed by atoms with Crippen LogP contribution < -0.4 is 5.32 Å². The minimum Gasteiger partial charge on any atom is -0.378 e. The topological polar surface area (TPSA) is 47.9 Å². The molecule has 3 fully saturated rings. The average molecular weight is 460 g/mol. The van der Waals surface area contributed by atoms with E-state index < -0.39 is 5.60 Å². The molecule has 1 aliphatic heterocycles. The molecule has 1 atom stereocenters. The van der Waals surface area contributed by atoms with E-state index in [2.05, 4.69) is 34.5 Å². The maximum atomic E-state index is 12.6. The first kappa shape index (κ1) is 23.4. The Balaban J connectivity index is 1.52. The molecule has 0 aromatic heterocycles. The highest BCUT2D eigenvalue weighted by Crippen LogP contribution is 2.40. The van der Waals surface area contributed by atoms with Gasteiger partial charge in [0.25, 0.3) is 0 Å². The van der Waals surface area contributed by atoms with Crippen LogP contribution in [0.15, 0.2) is 65.7 Å². The number of aliphatic hydroxyl groups is 1. The predicted molar refractivity (Wildman–Crippen MR) is 140 cm³/mol. The zero-order valence-corrected chi connectivity index (χ0v) is 20.5. The second kappa shape index (κ2) is 10.9. The zero-order chi connectivity index (χ0) is 23.2. The standard InChI is InChI=1S/C30H41N3O/c34-30(24-14-5-1-6-15-24,25-16-7-2-8-17-25)28-22-13-23-33(28)29(31-26-18-9-3-10-19-26)32-27-20-11-4-12-21-27/h1-2,5-8,14-17,26-28,34H,3-4,9-13,18-23H2,(H,31,32)/t28-/m0/s1. The smallest absolute Gasteiger partial charge is 0.194 e. The van der Waals surface area contributed by atoms with Gasteiger partial charge in [0.15, 0.2) is 5.96 Å². The number of nitrogens with one attached hydrogen (secondary N) is 1. The van der Waals surface area contributed by atoms with Gasteiger partial charge in [-0.05, 0) is 49.7 Å². The van der Waals surface area contributed by atoms with Crippen LogP contribution in [0.5, 0.6) is 0 Å². The molecule has 0 spiro atoms. The number of hydrogen-bond donors (Lipinski definition) is 2. The highest BCUT2D eigenvalue weighted by molar-refractivity contribution is 5.81. The summed E-state index contributed by atoms with van der Waals surface area (Å²) < 4.78 is 0. The molecule has 4 heteroatoms. The lowest BCUT2D eigenvalue weighted by molar-refractivity contribution is 0.0155. The van der Waals surface area contributed by atoms with E-state index >= 15 is 0 Å². The third-order valence-electron chi connectivity index (χ3n) is 8.25. The van der Waals surface area contributed by atoms with E-state index in [0.717, 1.165) is 36.5 Å². The molecule has 1 saturated heterocycles. The summed E-state index contributed by atoms with van der Waals surface area (Å²) in [6.07, 6.45) is 14.7. The Morgan fingerprint density at radius 1 is 0.735 bits per heavy atom. The second-order valence-corrected chi connectivity index (χ2v) is 10.6. The predicted octanol–water partition coefficient (Wildman–Crippen LogP) is 6.00. The largest absolute Gasteiger partial charge is 0.378 e. The fourth-order valence-electron chi connectivity index (χ4n) is 6.40. The quantitative estimate of drug-likeness (QED) is 0.426. The third kappa shape index (κ3) is 5.02. The Labute approximate surface area is 205 Å². The summed E-state index contributed by atoms with van der Waals surface area (Å²) in [6, 6.07) is 21.4. The van der Waals surface area contributed by atoms with Crippen LogP contribution in [0, 0.1) is 0 Å².